The zero-order chi connectivity index (χ0) is 28.3. The van der Waals surface area contributed by atoms with Crippen LogP contribution in [0.15, 0.2) is 59.6 Å². The second kappa shape index (κ2) is 12.1. The van der Waals surface area contributed by atoms with Gasteiger partial charge in [0.25, 0.3) is 5.91 Å². The van der Waals surface area contributed by atoms with Gasteiger partial charge in [0.15, 0.2) is 0 Å². The van der Waals surface area contributed by atoms with Crippen molar-refractivity contribution in [1.29, 1.82) is 0 Å². The van der Waals surface area contributed by atoms with Crippen molar-refractivity contribution < 1.29 is 13.6 Å². The molecule has 0 radical (unpaired) electrons. The molecule has 3 aliphatic rings. The number of nitrogens with one attached hydrogen (secondary N) is 2. The molecule has 3 aromatic carbocycles. The molecule has 1 amide bonds. The van der Waals surface area contributed by atoms with Crippen LogP contribution in [0.5, 0.6) is 0 Å². The Bertz CT molecular complexity index is 1440. The van der Waals surface area contributed by atoms with Gasteiger partial charge in [-0.3, -0.25) is 9.79 Å². The number of amidine groups is 1. The number of benzene rings is 3. The fourth-order valence-electron chi connectivity index (χ4n) is 6.20. The van der Waals surface area contributed by atoms with Crippen LogP contribution < -0.4 is 15.5 Å². The lowest BCUT2D eigenvalue weighted by Crippen LogP contribution is -2.44. The van der Waals surface area contributed by atoms with Crippen LogP contribution >= 0.6 is 0 Å². The highest BCUT2D eigenvalue weighted by molar-refractivity contribution is 6.14. The number of aliphatic imine (C=N–C) groups is 1. The Hall–Kier alpha value is -3.62. The van der Waals surface area contributed by atoms with E-state index in [1.807, 2.05) is 24.3 Å². The van der Waals surface area contributed by atoms with Gasteiger partial charge >= 0.3 is 0 Å². The van der Waals surface area contributed by atoms with E-state index in [2.05, 4.69) is 44.6 Å². The van der Waals surface area contributed by atoms with Crippen molar-refractivity contribution in [1.82, 2.24) is 15.5 Å². The van der Waals surface area contributed by atoms with Gasteiger partial charge in [-0.25, -0.2) is 8.78 Å². The summed E-state index contributed by atoms with van der Waals surface area (Å²) in [4.78, 5) is 23.1. The van der Waals surface area contributed by atoms with E-state index in [0.29, 0.717) is 35.8 Å². The number of anilines is 1. The molecule has 6 rings (SSSR count). The average Bonchev–Trinajstić information content (AvgIpc) is 3.35. The molecule has 3 heterocycles. The van der Waals surface area contributed by atoms with Crippen molar-refractivity contribution in [3.63, 3.8) is 0 Å². The van der Waals surface area contributed by atoms with Crippen molar-refractivity contribution in [2.45, 2.75) is 32.2 Å². The summed E-state index contributed by atoms with van der Waals surface area (Å²) in [5.74, 6) is -0.231. The van der Waals surface area contributed by atoms with Gasteiger partial charge in [-0.1, -0.05) is 12.1 Å². The molecule has 0 saturated carbocycles. The van der Waals surface area contributed by atoms with Crippen molar-refractivity contribution >= 4 is 17.4 Å². The number of likely N-dealkylation sites (N-methyl/N-ethyl adjacent to an activating group) is 1. The molecule has 0 atom stereocenters. The Balaban J connectivity index is 1.22. The molecule has 2 N–H and O–H groups in total. The molecule has 2 fully saturated rings. The highest BCUT2D eigenvalue weighted by Crippen LogP contribution is 2.27. The van der Waals surface area contributed by atoms with Gasteiger partial charge in [0.2, 0.25) is 0 Å². The van der Waals surface area contributed by atoms with Crippen LogP contribution in [0.2, 0.25) is 0 Å². The third-order valence-corrected chi connectivity index (χ3v) is 8.57. The van der Waals surface area contributed by atoms with E-state index in [0.717, 1.165) is 86.9 Å². The number of hydrogen-bond donors (Lipinski definition) is 2. The Morgan fingerprint density at radius 2 is 1.71 bits per heavy atom. The molecule has 8 heteroatoms. The topological polar surface area (TPSA) is 60.0 Å². The first-order valence-corrected chi connectivity index (χ1v) is 14.6. The lowest BCUT2D eigenvalue weighted by molar-refractivity contribution is 0.0976. The minimum Gasteiger partial charge on any atom is -0.369 e. The summed E-state index contributed by atoms with van der Waals surface area (Å²) in [5.41, 5.74) is 6.32. The van der Waals surface area contributed by atoms with E-state index in [1.54, 1.807) is 0 Å². The number of carbonyl (C=O) groups is 1. The lowest BCUT2D eigenvalue weighted by atomic mass is 9.88. The molecule has 0 spiro atoms. The third kappa shape index (κ3) is 6.49. The molecule has 0 aliphatic carbocycles. The van der Waals surface area contributed by atoms with E-state index < -0.39 is 11.6 Å². The van der Waals surface area contributed by atoms with E-state index in [9.17, 15) is 13.6 Å². The largest absolute Gasteiger partial charge is 0.369 e. The second-order valence-corrected chi connectivity index (χ2v) is 11.6. The summed E-state index contributed by atoms with van der Waals surface area (Å²) in [7, 11) is 2.15. The van der Waals surface area contributed by atoms with Crippen molar-refractivity contribution in [2.75, 3.05) is 51.2 Å². The smallest absolute Gasteiger partial charge is 0.257 e. The maximum atomic E-state index is 13.7. The van der Waals surface area contributed by atoms with Crippen LogP contribution in [0, 0.1) is 17.6 Å². The lowest BCUT2D eigenvalue weighted by Gasteiger charge is -2.34. The number of halogens is 2. The molecule has 0 unspecified atom stereocenters. The summed E-state index contributed by atoms with van der Waals surface area (Å²) < 4.78 is 27.5. The van der Waals surface area contributed by atoms with Crippen molar-refractivity contribution in [3.8, 4) is 0 Å². The van der Waals surface area contributed by atoms with Gasteiger partial charge in [-0.05, 0) is 110 Å². The summed E-state index contributed by atoms with van der Waals surface area (Å²) in [6.45, 7) is 6.54. The molecule has 3 aromatic rings. The number of carbonyl (C=O) groups excluding carboxylic acids is 1. The fraction of sp³-hybridized carbons (Fsp3) is 0.394. The quantitative estimate of drug-likeness (QED) is 0.467. The molecule has 214 valence electrons. The van der Waals surface area contributed by atoms with E-state index in [4.69, 9.17) is 0 Å². The van der Waals surface area contributed by atoms with Gasteiger partial charge in [0.05, 0.1) is 6.54 Å². The zero-order valence-corrected chi connectivity index (χ0v) is 23.6. The predicted molar refractivity (Wildman–Crippen MR) is 159 cm³/mol. The highest BCUT2D eigenvalue weighted by atomic mass is 19.1. The van der Waals surface area contributed by atoms with Crippen molar-refractivity contribution in [3.05, 3.63) is 99.6 Å². The highest BCUT2D eigenvalue weighted by Gasteiger charge is 2.24. The number of piperidine rings is 1. The summed E-state index contributed by atoms with van der Waals surface area (Å²) in [6, 6.07) is 15.8. The van der Waals surface area contributed by atoms with Crippen LogP contribution in [0.25, 0.3) is 0 Å². The monoisotopic (exact) mass is 557 g/mol. The van der Waals surface area contributed by atoms with Gasteiger partial charge in [0, 0.05) is 49.1 Å². The van der Waals surface area contributed by atoms with Gasteiger partial charge in [0.1, 0.15) is 17.5 Å². The van der Waals surface area contributed by atoms with Crippen molar-refractivity contribution in [2.24, 2.45) is 10.9 Å². The minimum absolute atomic E-state index is 0.150. The van der Waals surface area contributed by atoms with Crippen LogP contribution in [0.3, 0.4) is 0 Å². The number of rotatable bonds is 6. The minimum atomic E-state index is -0.588. The molecule has 6 nitrogen and oxygen atoms in total. The molecule has 0 bridgehead atoms. The average molecular weight is 558 g/mol. The second-order valence-electron chi connectivity index (χ2n) is 11.6. The number of hydrogen-bond acceptors (Lipinski definition) is 5. The molecular formula is C33H37F2N5O. The molecule has 3 aliphatic heterocycles. The maximum Gasteiger partial charge on any atom is 0.257 e. The fourth-order valence-corrected chi connectivity index (χ4v) is 6.20. The number of nitrogens with zero attached hydrogens (tertiary/aromatic N) is 3. The number of amides is 1. The molecule has 2 saturated heterocycles. The van der Waals surface area contributed by atoms with Gasteiger partial charge in [-0.15, -0.1) is 0 Å². The summed E-state index contributed by atoms with van der Waals surface area (Å²) in [5, 5.41) is 6.54. The summed E-state index contributed by atoms with van der Waals surface area (Å²) >= 11 is 0. The number of fused-ring (bicyclic) bond motifs is 1. The Morgan fingerprint density at radius 3 is 2.46 bits per heavy atom. The molecule has 0 aromatic heterocycles. The van der Waals surface area contributed by atoms with Crippen LogP contribution in [-0.2, 0) is 19.4 Å². The van der Waals surface area contributed by atoms with Crippen LogP contribution in [0.1, 0.15) is 51.0 Å². The van der Waals surface area contributed by atoms with Crippen LogP contribution in [-0.4, -0.2) is 63.0 Å². The number of piperazine rings is 1. The normalized spacial score (nSPS) is 17.8. The standard InChI is InChI=1S/C33H37F2N5O/c1-39-10-12-40(13-11-39)29-4-5-30(26(19-29)15-22-6-8-36-9-7-22)33(41)38-32-31-18-23(2-3-25(31)21-37-32)14-24-16-27(34)20-28(35)17-24/h2-5,16-20,22,36H,6-15,21H2,1H3,(H,37,38,41). The van der Waals surface area contributed by atoms with Gasteiger partial charge < -0.3 is 20.4 Å². The summed E-state index contributed by atoms with van der Waals surface area (Å²) in [6.07, 6.45) is 3.48. The Labute approximate surface area is 240 Å². The predicted octanol–water partition coefficient (Wildman–Crippen LogP) is 4.54. The Kier molecular flexibility index (Phi) is 8.12. The molecule has 41 heavy (non-hydrogen) atoms. The third-order valence-electron chi connectivity index (χ3n) is 8.57. The first kappa shape index (κ1) is 27.5. The Morgan fingerprint density at radius 1 is 0.951 bits per heavy atom. The first-order chi connectivity index (χ1) is 19.9. The maximum absolute atomic E-state index is 13.7. The van der Waals surface area contributed by atoms with E-state index >= 15 is 0 Å². The SMILES string of the molecule is CN1CCN(c2ccc(C(=O)NC3=NCc4ccc(Cc5cc(F)cc(F)c5)cc43)c(CC3CCNCC3)c2)CC1. The van der Waals surface area contributed by atoms with Crippen LogP contribution in [0.4, 0.5) is 14.5 Å². The molecular weight excluding hydrogens is 520 g/mol. The zero-order valence-electron chi connectivity index (χ0n) is 23.6. The van der Waals surface area contributed by atoms with E-state index in [1.165, 1.54) is 17.8 Å². The van der Waals surface area contributed by atoms with Gasteiger partial charge in [-0.2, -0.15) is 0 Å². The first-order valence-electron chi connectivity index (χ1n) is 14.6. The van der Waals surface area contributed by atoms with E-state index in [-0.39, 0.29) is 5.91 Å².